The summed E-state index contributed by atoms with van der Waals surface area (Å²) >= 11 is 0. The van der Waals surface area contributed by atoms with Crippen molar-refractivity contribution in [2.24, 2.45) is 0 Å². The Balaban J connectivity index is 3.61. The summed E-state index contributed by atoms with van der Waals surface area (Å²) < 4.78 is 43.3. The van der Waals surface area contributed by atoms with Gasteiger partial charge in [0, 0.05) is 7.11 Å². The molecule has 0 aliphatic rings. The molecular formula is C9H16F2O5. The molecule has 0 saturated heterocycles. The number of hydrogen-bond acceptors (Lipinski definition) is 5. The van der Waals surface area contributed by atoms with Gasteiger partial charge in [0.15, 0.2) is 0 Å². The zero-order valence-corrected chi connectivity index (χ0v) is 9.33. The van der Waals surface area contributed by atoms with Crippen LogP contribution in [0.25, 0.3) is 0 Å². The molecule has 0 aromatic heterocycles. The van der Waals surface area contributed by atoms with Gasteiger partial charge in [-0.3, -0.25) is 0 Å². The Bertz CT molecular complexity index is 198. The van der Waals surface area contributed by atoms with Crippen LogP contribution >= 0.6 is 0 Å². The predicted molar refractivity (Wildman–Crippen MR) is 50.2 cm³/mol. The molecule has 0 atom stereocenters. The molecule has 0 amide bonds. The molecule has 0 fully saturated rings. The lowest BCUT2D eigenvalue weighted by Gasteiger charge is -2.14. The monoisotopic (exact) mass is 242 g/mol. The molecule has 96 valence electrons. The van der Waals surface area contributed by atoms with Crippen LogP contribution in [0.2, 0.25) is 0 Å². The molecule has 0 aliphatic heterocycles. The lowest BCUT2D eigenvalue weighted by atomic mass is 10.6. The number of halogens is 2. The van der Waals surface area contributed by atoms with E-state index in [0.717, 1.165) is 0 Å². The van der Waals surface area contributed by atoms with E-state index in [0.29, 0.717) is 6.61 Å². The van der Waals surface area contributed by atoms with Crippen LogP contribution in [0.3, 0.4) is 0 Å². The molecule has 0 aromatic rings. The van der Waals surface area contributed by atoms with E-state index in [1.165, 1.54) is 14.0 Å². The van der Waals surface area contributed by atoms with Crippen molar-refractivity contribution in [3.63, 3.8) is 0 Å². The highest BCUT2D eigenvalue weighted by molar-refractivity contribution is 5.75. The Morgan fingerprint density at radius 3 is 2.38 bits per heavy atom. The van der Waals surface area contributed by atoms with Gasteiger partial charge in [0.05, 0.1) is 33.0 Å². The molecule has 0 spiro atoms. The highest BCUT2D eigenvalue weighted by Crippen LogP contribution is 2.16. The maximum atomic E-state index is 12.8. The molecule has 0 heterocycles. The normalized spacial score (nSPS) is 11.5. The van der Waals surface area contributed by atoms with Gasteiger partial charge in [0.1, 0.15) is 0 Å². The minimum atomic E-state index is -3.92. The van der Waals surface area contributed by atoms with Crippen molar-refractivity contribution < 1.29 is 32.5 Å². The summed E-state index contributed by atoms with van der Waals surface area (Å²) in [6.07, 6.45) is -3.92. The van der Waals surface area contributed by atoms with E-state index in [4.69, 9.17) is 4.74 Å². The maximum Gasteiger partial charge on any atom is 0.456 e. The van der Waals surface area contributed by atoms with E-state index in [1.54, 1.807) is 0 Å². The Kier molecular flexibility index (Phi) is 7.96. The molecule has 0 N–H and O–H groups in total. The average Bonchev–Trinajstić information content (AvgIpc) is 2.23. The van der Waals surface area contributed by atoms with E-state index in [9.17, 15) is 13.6 Å². The summed E-state index contributed by atoms with van der Waals surface area (Å²) in [5.74, 6) is -1.69. The molecule has 0 aromatic carbocycles. The van der Waals surface area contributed by atoms with Gasteiger partial charge in [-0.05, 0) is 6.92 Å². The molecule has 0 saturated carbocycles. The average molecular weight is 242 g/mol. The van der Waals surface area contributed by atoms with Gasteiger partial charge in [0.25, 0.3) is 0 Å². The quantitative estimate of drug-likeness (QED) is 0.442. The third kappa shape index (κ3) is 6.65. The number of rotatable bonds is 9. The summed E-state index contributed by atoms with van der Waals surface area (Å²) in [7, 11) is 1.49. The summed E-state index contributed by atoms with van der Waals surface area (Å²) in [5.41, 5.74) is 0. The van der Waals surface area contributed by atoms with E-state index in [2.05, 4.69) is 14.2 Å². The Hall–Kier alpha value is -0.790. The lowest BCUT2D eigenvalue weighted by molar-refractivity contribution is -0.252. The zero-order chi connectivity index (χ0) is 12.4. The van der Waals surface area contributed by atoms with Gasteiger partial charge in [-0.2, -0.15) is 8.78 Å². The van der Waals surface area contributed by atoms with E-state index in [-0.39, 0.29) is 19.8 Å². The first-order valence-corrected chi connectivity index (χ1v) is 4.80. The molecule has 0 unspecified atom stereocenters. The van der Waals surface area contributed by atoms with Crippen LogP contribution in [-0.4, -0.2) is 52.2 Å². The third-order valence-corrected chi connectivity index (χ3v) is 1.46. The fourth-order valence-electron chi connectivity index (χ4n) is 0.747. The Labute approximate surface area is 92.6 Å². The van der Waals surface area contributed by atoms with Crippen molar-refractivity contribution in [1.82, 2.24) is 0 Å². The first-order valence-electron chi connectivity index (χ1n) is 4.80. The van der Waals surface area contributed by atoms with Crippen LogP contribution in [0.1, 0.15) is 6.92 Å². The van der Waals surface area contributed by atoms with Crippen LogP contribution in [0.15, 0.2) is 0 Å². The van der Waals surface area contributed by atoms with Gasteiger partial charge in [-0.25, -0.2) is 4.79 Å². The number of methoxy groups -OCH3 is 1. The molecule has 16 heavy (non-hydrogen) atoms. The Morgan fingerprint density at radius 1 is 1.19 bits per heavy atom. The summed E-state index contributed by atoms with van der Waals surface area (Å²) in [5, 5.41) is 0. The van der Waals surface area contributed by atoms with Crippen LogP contribution < -0.4 is 0 Å². The summed E-state index contributed by atoms with van der Waals surface area (Å²) in [6.45, 7) is 1.52. The van der Waals surface area contributed by atoms with Crippen molar-refractivity contribution in [2.75, 3.05) is 40.1 Å². The van der Waals surface area contributed by atoms with Gasteiger partial charge in [-0.1, -0.05) is 0 Å². The number of carbonyl (C=O) groups excluding carboxylic acids is 1. The molecular weight excluding hydrogens is 226 g/mol. The fourth-order valence-corrected chi connectivity index (χ4v) is 0.747. The third-order valence-electron chi connectivity index (χ3n) is 1.46. The Morgan fingerprint density at radius 2 is 1.81 bits per heavy atom. The maximum absolute atomic E-state index is 12.8. The second-order valence-electron chi connectivity index (χ2n) is 2.69. The van der Waals surface area contributed by atoms with Crippen molar-refractivity contribution in [3.05, 3.63) is 0 Å². The van der Waals surface area contributed by atoms with Crippen molar-refractivity contribution in [1.29, 1.82) is 0 Å². The molecule has 0 radical (unpaired) electrons. The van der Waals surface area contributed by atoms with E-state index >= 15 is 0 Å². The lowest BCUT2D eigenvalue weighted by Crippen LogP contribution is -2.35. The first-order chi connectivity index (χ1) is 7.54. The number of hydrogen-bond donors (Lipinski definition) is 0. The van der Waals surface area contributed by atoms with Crippen molar-refractivity contribution in [3.8, 4) is 0 Å². The van der Waals surface area contributed by atoms with E-state index in [1.807, 2.05) is 0 Å². The zero-order valence-electron chi connectivity index (χ0n) is 9.33. The molecule has 0 aliphatic carbocycles. The number of carbonyl (C=O) groups is 1. The van der Waals surface area contributed by atoms with Gasteiger partial charge in [-0.15, -0.1) is 0 Å². The van der Waals surface area contributed by atoms with Crippen LogP contribution in [0.4, 0.5) is 8.78 Å². The fraction of sp³-hybridized carbons (Fsp3) is 0.889. The van der Waals surface area contributed by atoms with Crippen molar-refractivity contribution in [2.45, 2.75) is 13.0 Å². The topological polar surface area (TPSA) is 54.0 Å². The standard InChI is InChI=1S/C9H16F2O5/c1-3-15-8(12)9(10,11)16-7-6-14-5-4-13-2/h3-7H2,1-2H3. The summed E-state index contributed by atoms with van der Waals surface area (Å²) in [6, 6.07) is 0. The smallest absolute Gasteiger partial charge is 0.456 e. The molecule has 0 rings (SSSR count). The van der Waals surface area contributed by atoms with Gasteiger partial charge >= 0.3 is 12.1 Å². The predicted octanol–water partition coefficient (Wildman–Crippen LogP) is 0.822. The number of ether oxygens (including phenoxy) is 4. The van der Waals surface area contributed by atoms with Gasteiger partial charge in [0.2, 0.25) is 0 Å². The highest BCUT2D eigenvalue weighted by Gasteiger charge is 2.42. The molecule has 5 nitrogen and oxygen atoms in total. The minimum absolute atomic E-state index is 0.0433. The molecule has 0 bridgehead atoms. The molecule has 7 heteroatoms. The van der Waals surface area contributed by atoms with Crippen LogP contribution in [-0.2, 0) is 23.7 Å². The van der Waals surface area contributed by atoms with Crippen molar-refractivity contribution >= 4 is 5.97 Å². The van der Waals surface area contributed by atoms with Crippen LogP contribution in [0.5, 0.6) is 0 Å². The second-order valence-corrected chi connectivity index (χ2v) is 2.69. The first kappa shape index (κ1) is 15.2. The minimum Gasteiger partial charge on any atom is -0.460 e. The van der Waals surface area contributed by atoms with E-state index < -0.39 is 18.7 Å². The second kappa shape index (κ2) is 8.37. The van der Waals surface area contributed by atoms with Gasteiger partial charge < -0.3 is 18.9 Å². The summed E-state index contributed by atoms with van der Waals surface area (Å²) in [4.78, 5) is 10.7. The number of esters is 1. The largest absolute Gasteiger partial charge is 0.460 e. The number of alkyl halides is 2. The highest BCUT2D eigenvalue weighted by atomic mass is 19.3. The van der Waals surface area contributed by atoms with Crippen LogP contribution in [0, 0.1) is 0 Å². The SMILES string of the molecule is CCOC(=O)C(F)(F)OCCOCCOC.